The largest absolute Gasteiger partial charge is 0.328 e. The third-order valence-corrected chi connectivity index (χ3v) is 5.34. The summed E-state index contributed by atoms with van der Waals surface area (Å²) in [7, 11) is 2.08. The summed E-state index contributed by atoms with van der Waals surface area (Å²) < 4.78 is 0. The van der Waals surface area contributed by atoms with E-state index in [2.05, 4.69) is 63.1 Å². The van der Waals surface area contributed by atoms with E-state index in [9.17, 15) is 4.79 Å². The maximum absolute atomic E-state index is 13.0. The number of rotatable bonds is 5. The highest BCUT2D eigenvalue weighted by molar-refractivity contribution is 6.32. The number of carbonyl (C=O) groups is 1. The van der Waals surface area contributed by atoms with E-state index in [0.717, 1.165) is 36.1 Å². The normalized spacial score (nSPS) is 21.2. The molecule has 0 aromatic heterocycles. The molecule has 1 aliphatic rings. The first-order valence-corrected chi connectivity index (χ1v) is 9.26. The van der Waals surface area contributed by atoms with E-state index in [-0.39, 0.29) is 17.6 Å². The minimum Gasteiger partial charge on any atom is -0.328 e. The fourth-order valence-electron chi connectivity index (χ4n) is 3.87. The van der Waals surface area contributed by atoms with Crippen molar-refractivity contribution in [3.05, 3.63) is 77.9 Å². The van der Waals surface area contributed by atoms with E-state index in [4.69, 9.17) is 0 Å². The average Bonchev–Trinajstić information content (AvgIpc) is 2.62. The molecule has 4 heteroatoms. The highest BCUT2D eigenvalue weighted by atomic mass is 16.2. The van der Waals surface area contributed by atoms with Crippen LogP contribution in [-0.2, 0) is 5.54 Å². The molecule has 2 aromatic rings. The van der Waals surface area contributed by atoms with Gasteiger partial charge in [0.2, 0.25) is 0 Å². The minimum atomic E-state index is -0.367. The number of hydrogen-bond acceptors (Lipinski definition) is 1. The van der Waals surface area contributed by atoms with Crippen LogP contribution in [0, 0.1) is 0 Å². The van der Waals surface area contributed by atoms with E-state index in [1.54, 1.807) is 0 Å². The van der Waals surface area contributed by atoms with Crippen LogP contribution in [0.3, 0.4) is 0 Å². The van der Waals surface area contributed by atoms with Crippen molar-refractivity contribution in [2.75, 3.05) is 6.54 Å². The molecule has 2 amide bonds. The number of nitrogens with zero attached hydrogens (tertiary/aromatic N) is 1. The Morgan fingerprint density at radius 3 is 2.46 bits per heavy atom. The lowest BCUT2D eigenvalue weighted by molar-refractivity contribution is 0.125. The van der Waals surface area contributed by atoms with Gasteiger partial charge in [-0.15, -0.1) is 6.58 Å². The molecule has 0 spiro atoms. The summed E-state index contributed by atoms with van der Waals surface area (Å²) >= 11 is 0. The maximum atomic E-state index is 13.0. The molecule has 1 aliphatic heterocycles. The van der Waals surface area contributed by atoms with Crippen LogP contribution < -0.4 is 10.8 Å². The lowest BCUT2D eigenvalue weighted by Gasteiger charge is -2.45. The number of urea groups is 1. The topological polar surface area (TPSA) is 32.3 Å². The first kappa shape index (κ1) is 18.3. The van der Waals surface area contributed by atoms with E-state index in [1.807, 2.05) is 30.0 Å². The Balaban J connectivity index is 1.84. The van der Waals surface area contributed by atoms with Gasteiger partial charge in [-0.2, -0.15) is 0 Å². The highest BCUT2D eigenvalue weighted by Gasteiger charge is 2.40. The summed E-state index contributed by atoms with van der Waals surface area (Å²) in [6, 6.07) is 18.7. The van der Waals surface area contributed by atoms with E-state index >= 15 is 0 Å². The molecule has 3 rings (SSSR count). The molecular formula is C22H27BN2O. The highest BCUT2D eigenvalue weighted by Crippen LogP contribution is 2.36. The molecule has 1 N–H and O–H groups in total. The summed E-state index contributed by atoms with van der Waals surface area (Å²) in [6.45, 7) is 8.94. The van der Waals surface area contributed by atoms with E-state index in [0.29, 0.717) is 0 Å². The Morgan fingerprint density at radius 1 is 1.23 bits per heavy atom. The second-order valence-corrected chi connectivity index (χ2v) is 7.54. The Morgan fingerprint density at radius 2 is 1.88 bits per heavy atom. The van der Waals surface area contributed by atoms with E-state index < -0.39 is 0 Å². The molecule has 26 heavy (non-hydrogen) atoms. The van der Waals surface area contributed by atoms with Crippen LogP contribution in [0.25, 0.3) is 0 Å². The Kier molecular flexibility index (Phi) is 5.22. The smallest absolute Gasteiger partial charge is 0.318 e. The summed E-state index contributed by atoms with van der Waals surface area (Å²) in [5.41, 5.74) is 4.26. The Labute approximate surface area is 157 Å². The number of carbonyl (C=O) groups excluding carboxylic acids is 1. The van der Waals surface area contributed by atoms with Crippen molar-refractivity contribution in [1.82, 2.24) is 10.2 Å². The number of amides is 2. The SMILES string of the molecule is Bc1ccc([C@H](C)N2CC[C@](CC(=C)C)(c3ccccc3)NC2=O)cc1. The summed E-state index contributed by atoms with van der Waals surface area (Å²) in [6.07, 6.45) is 1.63. The molecule has 1 fully saturated rings. The van der Waals surface area contributed by atoms with Crippen molar-refractivity contribution in [3.63, 3.8) is 0 Å². The predicted molar refractivity (Wildman–Crippen MR) is 110 cm³/mol. The van der Waals surface area contributed by atoms with Gasteiger partial charge in [0.25, 0.3) is 0 Å². The van der Waals surface area contributed by atoms with Gasteiger partial charge >= 0.3 is 6.03 Å². The third-order valence-electron chi connectivity index (χ3n) is 5.34. The number of nitrogens with one attached hydrogen (secondary N) is 1. The quantitative estimate of drug-likeness (QED) is 0.654. The minimum absolute atomic E-state index is 0.00516. The second kappa shape index (κ2) is 7.41. The van der Waals surface area contributed by atoms with Crippen LogP contribution in [0.4, 0.5) is 4.79 Å². The van der Waals surface area contributed by atoms with Crippen molar-refractivity contribution in [3.8, 4) is 0 Å². The molecule has 1 saturated heterocycles. The van der Waals surface area contributed by atoms with Gasteiger partial charge in [-0.05, 0) is 37.8 Å². The summed E-state index contributed by atoms with van der Waals surface area (Å²) in [5, 5.41) is 3.32. The molecule has 0 bridgehead atoms. The van der Waals surface area contributed by atoms with Crippen LogP contribution in [0.1, 0.15) is 43.9 Å². The monoisotopic (exact) mass is 346 g/mol. The Bertz CT molecular complexity index is 788. The van der Waals surface area contributed by atoms with Gasteiger partial charge in [-0.3, -0.25) is 0 Å². The molecular weight excluding hydrogens is 319 g/mol. The zero-order valence-corrected chi connectivity index (χ0v) is 16.0. The van der Waals surface area contributed by atoms with Crippen LogP contribution in [0.2, 0.25) is 0 Å². The molecule has 2 aromatic carbocycles. The van der Waals surface area contributed by atoms with Gasteiger partial charge in [0.05, 0.1) is 11.6 Å². The van der Waals surface area contributed by atoms with E-state index in [1.165, 1.54) is 5.46 Å². The molecule has 1 heterocycles. The van der Waals surface area contributed by atoms with Crippen molar-refractivity contribution >= 4 is 19.3 Å². The third kappa shape index (κ3) is 3.69. The molecule has 2 atom stereocenters. The zero-order valence-electron chi connectivity index (χ0n) is 16.0. The Hall–Kier alpha value is -2.49. The molecule has 0 saturated carbocycles. The van der Waals surface area contributed by atoms with Gasteiger partial charge in [-0.25, -0.2) is 4.79 Å². The lowest BCUT2D eigenvalue weighted by atomic mass is 9.80. The first-order valence-electron chi connectivity index (χ1n) is 9.26. The second-order valence-electron chi connectivity index (χ2n) is 7.54. The molecule has 0 radical (unpaired) electrons. The summed E-state index contributed by atoms with van der Waals surface area (Å²) in [4.78, 5) is 15.0. The van der Waals surface area contributed by atoms with Crippen molar-refractivity contribution in [2.24, 2.45) is 0 Å². The number of benzene rings is 2. The van der Waals surface area contributed by atoms with Crippen LogP contribution in [0.15, 0.2) is 66.7 Å². The van der Waals surface area contributed by atoms with Gasteiger partial charge < -0.3 is 10.2 Å². The molecule has 134 valence electrons. The predicted octanol–water partition coefficient (Wildman–Crippen LogP) is 3.28. The fourth-order valence-corrected chi connectivity index (χ4v) is 3.87. The molecule has 0 unspecified atom stereocenters. The van der Waals surface area contributed by atoms with Gasteiger partial charge in [0, 0.05) is 6.54 Å². The van der Waals surface area contributed by atoms with Crippen LogP contribution >= 0.6 is 0 Å². The number of hydrogen-bond donors (Lipinski definition) is 1. The standard InChI is InChI=1S/C22H27BN2O/c1-16(2)15-22(19-7-5-4-6-8-19)13-14-25(21(26)24-22)17(3)18-9-11-20(23)12-10-18/h4-12,17H,1,13-15,23H2,2-3H3,(H,24,26)/t17-,22-/m0/s1. The average molecular weight is 346 g/mol. The lowest BCUT2D eigenvalue weighted by Crippen LogP contribution is -2.58. The van der Waals surface area contributed by atoms with Crippen LogP contribution in [-0.4, -0.2) is 25.3 Å². The maximum Gasteiger partial charge on any atom is 0.318 e. The van der Waals surface area contributed by atoms with Gasteiger partial charge in [-0.1, -0.05) is 65.6 Å². The summed E-state index contributed by atoms with van der Waals surface area (Å²) in [5.74, 6) is 0. The van der Waals surface area contributed by atoms with Crippen molar-refractivity contribution < 1.29 is 4.79 Å². The van der Waals surface area contributed by atoms with Crippen molar-refractivity contribution in [1.29, 1.82) is 0 Å². The van der Waals surface area contributed by atoms with Gasteiger partial charge in [0.1, 0.15) is 7.85 Å². The molecule has 0 aliphatic carbocycles. The molecule has 3 nitrogen and oxygen atoms in total. The van der Waals surface area contributed by atoms with Crippen LogP contribution in [0.5, 0.6) is 0 Å². The zero-order chi connectivity index (χ0) is 18.7. The first-order chi connectivity index (χ1) is 12.4. The van der Waals surface area contributed by atoms with Gasteiger partial charge in [0.15, 0.2) is 0 Å². The fraction of sp³-hybridized carbons (Fsp3) is 0.318. The van der Waals surface area contributed by atoms with Crippen molar-refractivity contribution in [2.45, 2.75) is 38.3 Å².